The third-order valence-electron chi connectivity index (χ3n) is 3.56. The Kier molecular flexibility index (Phi) is 4.60. The van der Waals surface area contributed by atoms with Gasteiger partial charge in [-0.05, 0) is 45.2 Å². The zero-order chi connectivity index (χ0) is 11.5. The second-order valence-corrected chi connectivity index (χ2v) is 6.12. The molecule has 90 valence electrons. The van der Waals surface area contributed by atoms with Gasteiger partial charge in [-0.25, -0.2) is 0 Å². The van der Waals surface area contributed by atoms with Crippen LogP contribution in [0.4, 0.5) is 0 Å². The van der Waals surface area contributed by atoms with Crippen LogP contribution >= 0.6 is 0 Å². The van der Waals surface area contributed by atoms with Crippen molar-refractivity contribution in [3.8, 4) is 0 Å². The first kappa shape index (κ1) is 13.0. The topological polar surface area (TPSA) is 15.3 Å². The number of nitrogens with zero attached hydrogens (tertiary/aromatic N) is 1. The lowest BCUT2D eigenvalue weighted by Gasteiger charge is -2.32. The monoisotopic (exact) mass is 212 g/mol. The second-order valence-electron chi connectivity index (χ2n) is 6.12. The van der Waals surface area contributed by atoms with Gasteiger partial charge in [-0.1, -0.05) is 20.8 Å². The molecule has 2 nitrogen and oxygen atoms in total. The van der Waals surface area contributed by atoms with Crippen LogP contribution in [0.5, 0.6) is 0 Å². The first-order valence-electron chi connectivity index (χ1n) is 6.38. The molecule has 0 bridgehead atoms. The van der Waals surface area contributed by atoms with Crippen LogP contribution < -0.4 is 5.32 Å². The number of hydrogen-bond donors (Lipinski definition) is 1. The Morgan fingerprint density at radius 3 is 2.53 bits per heavy atom. The maximum atomic E-state index is 3.61. The Labute approximate surface area is 95.4 Å². The van der Waals surface area contributed by atoms with Gasteiger partial charge >= 0.3 is 0 Å². The molecule has 0 saturated carbocycles. The normalized spacial score (nSPS) is 25.2. The Bertz CT molecular complexity index is 187. The molecule has 1 rings (SSSR count). The fourth-order valence-electron chi connectivity index (χ4n) is 2.20. The predicted octanol–water partition coefficient (Wildman–Crippen LogP) is 2.35. The Hall–Kier alpha value is -0.0800. The van der Waals surface area contributed by atoms with Crippen molar-refractivity contribution < 1.29 is 0 Å². The summed E-state index contributed by atoms with van der Waals surface area (Å²) in [4.78, 5) is 2.63. The molecule has 0 aromatic carbocycles. The zero-order valence-electron chi connectivity index (χ0n) is 11.1. The highest BCUT2D eigenvalue weighted by Gasteiger charge is 2.25. The van der Waals surface area contributed by atoms with Crippen molar-refractivity contribution in [2.75, 3.05) is 26.2 Å². The lowest BCUT2D eigenvalue weighted by Crippen LogP contribution is -2.47. The van der Waals surface area contributed by atoms with Gasteiger partial charge in [0.05, 0.1) is 0 Å². The standard InChI is InChI=1S/C13H28N2/c1-11(2)12(3)9-15-8-6-7-14-13(4,5)10-15/h11-12,14H,6-10H2,1-5H3. The molecule has 0 spiro atoms. The van der Waals surface area contributed by atoms with E-state index in [9.17, 15) is 0 Å². The fraction of sp³-hybridized carbons (Fsp3) is 1.00. The van der Waals surface area contributed by atoms with Crippen LogP contribution in [0.15, 0.2) is 0 Å². The molecular formula is C13H28N2. The summed E-state index contributed by atoms with van der Waals surface area (Å²) in [6.07, 6.45) is 1.29. The summed E-state index contributed by atoms with van der Waals surface area (Å²) in [5.74, 6) is 1.60. The van der Waals surface area contributed by atoms with Crippen molar-refractivity contribution >= 4 is 0 Å². The lowest BCUT2D eigenvalue weighted by atomic mass is 9.96. The highest BCUT2D eigenvalue weighted by atomic mass is 15.2. The van der Waals surface area contributed by atoms with Gasteiger partial charge < -0.3 is 10.2 Å². The number of hydrogen-bond acceptors (Lipinski definition) is 2. The molecule has 0 aromatic heterocycles. The molecule has 0 aromatic rings. The van der Waals surface area contributed by atoms with Crippen molar-refractivity contribution in [3.63, 3.8) is 0 Å². The molecule has 1 heterocycles. The van der Waals surface area contributed by atoms with Crippen molar-refractivity contribution in [1.82, 2.24) is 10.2 Å². The summed E-state index contributed by atoms with van der Waals surface area (Å²) in [6.45, 7) is 16.5. The Morgan fingerprint density at radius 1 is 1.27 bits per heavy atom. The molecule has 1 fully saturated rings. The van der Waals surface area contributed by atoms with Crippen LogP contribution in [-0.4, -0.2) is 36.6 Å². The van der Waals surface area contributed by atoms with Gasteiger partial charge in [0.2, 0.25) is 0 Å². The first-order valence-corrected chi connectivity index (χ1v) is 6.38. The van der Waals surface area contributed by atoms with Gasteiger partial charge in [-0.2, -0.15) is 0 Å². The van der Waals surface area contributed by atoms with Crippen LogP contribution in [-0.2, 0) is 0 Å². The minimum absolute atomic E-state index is 0.285. The maximum absolute atomic E-state index is 3.61. The summed E-state index contributed by atoms with van der Waals surface area (Å²) in [5.41, 5.74) is 0.285. The van der Waals surface area contributed by atoms with Crippen molar-refractivity contribution in [2.45, 2.75) is 46.6 Å². The van der Waals surface area contributed by atoms with Crippen LogP contribution in [0.2, 0.25) is 0 Å². The molecule has 0 aliphatic carbocycles. The highest BCUT2D eigenvalue weighted by molar-refractivity contribution is 4.85. The Balaban J connectivity index is 2.46. The van der Waals surface area contributed by atoms with Crippen molar-refractivity contribution in [1.29, 1.82) is 0 Å². The van der Waals surface area contributed by atoms with E-state index in [0.717, 1.165) is 11.8 Å². The van der Waals surface area contributed by atoms with E-state index in [1.807, 2.05) is 0 Å². The largest absolute Gasteiger partial charge is 0.310 e. The molecular weight excluding hydrogens is 184 g/mol. The van der Waals surface area contributed by atoms with Gasteiger partial charge in [-0.3, -0.25) is 0 Å². The number of rotatable bonds is 3. The summed E-state index contributed by atoms with van der Waals surface area (Å²) in [7, 11) is 0. The van der Waals surface area contributed by atoms with Crippen LogP contribution in [0.25, 0.3) is 0 Å². The predicted molar refractivity (Wildman–Crippen MR) is 67.1 cm³/mol. The molecule has 1 atom stereocenters. The SMILES string of the molecule is CC(C)C(C)CN1CCCNC(C)(C)C1. The third-order valence-corrected chi connectivity index (χ3v) is 3.56. The minimum Gasteiger partial charge on any atom is -0.310 e. The summed E-state index contributed by atoms with van der Waals surface area (Å²) >= 11 is 0. The smallest absolute Gasteiger partial charge is 0.0252 e. The summed E-state index contributed by atoms with van der Waals surface area (Å²) < 4.78 is 0. The van der Waals surface area contributed by atoms with E-state index in [2.05, 4.69) is 44.8 Å². The van der Waals surface area contributed by atoms with E-state index in [1.165, 1.54) is 32.6 Å². The molecule has 1 unspecified atom stereocenters. The van der Waals surface area contributed by atoms with Crippen LogP contribution in [0, 0.1) is 11.8 Å². The highest BCUT2D eigenvalue weighted by Crippen LogP contribution is 2.16. The van der Waals surface area contributed by atoms with E-state index in [0.29, 0.717) is 0 Å². The van der Waals surface area contributed by atoms with Gasteiger partial charge in [0.25, 0.3) is 0 Å². The van der Waals surface area contributed by atoms with Gasteiger partial charge in [0.15, 0.2) is 0 Å². The van der Waals surface area contributed by atoms with Crippen LogP contribution in [0.3, 0.4) is 0 Å². The molecule has 15 heavy (non-hydrogen) atoms. The van der Waals surface area contributed by atoms with E-state index in [-0.39, 0.29) is 5.54 Å². The molecule has 0 radical (unpaired) electrons. The van der Waals surface area contributed by atoms with Crippen molar-refractivity contribution in [3.05, 3.63) is 0 Å². The average Bonchev–Trinajstić information content (AvgIpc) is 2.26. The van der Waals surface area contributed by atoms with Gasteiger partial charge in [0, 0.05) is 18.6 Å². The van der Waals surface area contributed by atoms with Crippen LogP contribution in [0.1, 0.15) is 41.0 Å². The summed E-state index contributed by atoms with van der Waals surface area (Å²) in [6, 6.07) is 0. The Morgan fingerprint density at radius 2 is 1.93 bits per heavy atom. The maximum Gasteiger partial charge on any atom is 0.0252 e. The molecule has 2 heteroatoms. The first-order chi connectivity index (χ1) is 6.91. The number of nitrogens with one attached hydrogen (secondary N) is 1. The minimum atomic E-state index is 0.285. The second kappa shape index (κ2) is 5.31. The van der Waals surface area contributed by atoms with Crippen molar-refractivity contribution in [2.24, 2.45) is 11.8 Å². The van der Waals surface area contributed by atoms with Gasteiger partial charge in [0.1, 0.15) is 0 Å². The zero-order valence-corrected chi connectivity index (χ0v) is 11.1. The third kappa shape index (κ3) is 4.52. The average molecular weight is 212 g/mol. The molecule has 1 aliphatic heterocycles. The van der Waals surface area contributed by atoms with E-state index >= 15 is 0 Å². The summed E-state index contributed by atoms with van der Waals surface area (Å²) in [5, 5.41) is 3.61. The van der Waals surface area contributed by atoms with E-state index < -0.39 is 0 Å². The molecule has 1 saturated heterocycles. The lowest BCUT2D eigenvalue weighted by molar-refractivity contribution is 0.186. The fourth-order valence-corrected chi connectivity index (χ4v) is 2.20. The molecule has 1 aliphatic rings. The van der Waals surface area contributed by atoms with E-state index in [1.54, 1.807) is 0 Å². The molecule has 1 N–H and O–H groups in total. The molecule has 0 amide bonds. The van der Waals surface area contributed by atoms with E-state index in [4.69, 9.17) is 0 Å². The quantitative estimate of drug-likeness (QED) is 0.772. The van der Waals surface area contributed by atoms with Gasteiger partial charge in [-0.15, -0.1) is 0 Å².